The summed E-state index contributed by atoms with van der Waals surface area (Å²) in [6.45, 7) is 2.08. The molecule has 0 aliphatic carbocycles. The average Bonchev–Trinajstić information content (AvgIpc) is 2.89. The Morgan fingerprint density at radius 2 is 1.81 bits per heavy atom. The van der Waals surface area contributed by atoms with Crippen molar-refractivity contribution in [1.82, 2.24) is 0 Å². The average molecular weight is 303 g/mol. The maximum atomic E-state index is 12.0. The second-order valence-corrected chi connectivity index (χ2v) is 6.19. The van der Waals surface area contributed by atoms with Gasteiger partial charge in [-0.3, -0.25) is 4.28 Å². The molecule has 3 rings (SSSR count). The molecule has 0 saturated carbocycles. The van der Waals surface area contributed by atoms with E-state index < -0.39 is 10.1 Å². The normalized spacial score (nSPS) is 15.6. The van der Waals surface area contributed by atoms with E-state index in [0.29, 0.717) is 11.5 Å². The molecule has 2 aromatic carbocycles. The maximum Gasteiger partial charge on any atom is 0.358 e. The van der Waals surface area contributed by atoms with Crippen molar-refractivity contribution in [2.24, 2.45) is 5.16 Å². The molecule has 1 aliphatic rings. The molecule has 0 radical (unpaired) electrons. The first kappa shape index (κ1) is 13.6. The second-order valence-electron chi connectivity index (χ2n) is 4.66. The SMILES string of the molecule is Cc1ccc(S(=O)(=O)O/N=C2\COc3ccccc32)cc1. The Hall–Kier alpha value is -2.34. The minimum Gasteiger partial charge on any atom is -0.486 e. The molecule has 6 heteroatoms. The van der Waals surface area contributed by atoms with Gasteiger partial charge in [0.05, 0.1) is 0 Å². The Labute approximate surface area is 122 Å². The number of oxime groups is 1. The van der Waals surface area contributed by atoms with Crippen LogP contribution in [0, 0.1) is 6.92 Å². The van der Waals surface area contributed by atoms with Gasteiger partial charge >= 0.3 is 10.1 Å². The van der Waals surface area contributed by atoms with Crippen LogP contribution in [0.5, 0.6) is 5.75 Å². The van der Waals surface area contributed by atoms with Crippen LogP contribution >= 0.6 is 0 Å². The van der Waals surface area contributed by atoms with Crippen LogP contribution in [0.2, 0.25) is 0 Å². The van der Waals surface area contributed by atoms with E-state index in [1.54, 1.807) is 18.2 Å². The number of hydrogen-bond acceptors (Lipinski definition) is 5. The van der Waals surface area contributed by atoms with E-state index in [-0.39, 0.29) is 11.5 Å². The van der Waals surface area contributed by atoms with Crippen LogP contribution in [0.4, 0.5) is 0 Å². The van der Waals surface area contributed by atoms with Crippen molar-refractivity contribution in [3.8, 4) is 5.75 Å². The van der Waals surface area contributed by atoms with Crippen LogP contribution in [0.3, 0.4) is 0 Å². The van der Waals surface area contributed by atoms with Gasteiger partial charge in [-0.1, -0.05) is 35.0 Å². The van der Waals surface area contributed by atoms with Crippen molar-refractivity contribution in [2.45, 2.75) is 11.8 Å². The van der Waals surface area contributed by atoms with Crippen LogP contribution in [-0.2, 0) is 14.4 Å². The van der Waals surface area contributed by atoms with E-state index in [1.165, 1.54) is 12.1 Å². The standard InChI is InChI=1S/C15H13NO4S/c1-11-6-8-12(9-7-11)21(17,18)20-16-14-10-19-15-5-3-2-4-13(14)15/h2-9H,10H2,1H3/b16-14+. The zero-order valence-corrected chi connectivity index (χ0v) is 12.1. The van der Waals surface area contributed by atoms with Gasteiger partial charge < -0.3 is 4.74 Å². The van der Waals surface area contributed by atoms with Crippen LogP contribution in [-0.4, -0.2) is 20.7 Å². The largest absolute Gasteiger partial charge is 0.486 e. The predicted octanol–water partition coefficient (Wildman–Crippen LogP) is 2.50. The summed E-state index contributed by atoms with van der Waals surface area (Å²) >= 11 is 0. The number of ether oxygens (including phenoxy) is 1. The van der Waals surface area contributed by atoms with Crippen molar-refractivity contribution in [2.75, 3.05) is 6.61 Å². The lowest BCUT2D eigenvalue weighted by Gasteiger charge is -2.02. The highest BCUT2D eigenvalue weighted by molar-refractivity contribution is 7.86. The van der Waals surface area contributed by atoms with E-state index in [2.05, 4.69) is 5.16 Å². The molecule has 0 atom stereocenters. The number of aryl methyl sites for hydroxylation is 1. The predicted molar refractivity (Wildman–Crippen MR) is 77.9 cm³/mol. The maximum absolute atomic E-state index is 12.0. The first-order valence-electron chi connectivity index (χ1n) is 6.36. The molecule has 0 bridgehead atoms. The molecule has 21 heavy (non-hydrogen) atoms. The van der Waals surface area contributed by atoms with Gasteiger partial charge in [0.25, 0.3) is 0 Å². The molecule has 0 spiro atoms. The van der Waals surface area contributed by atoms with Gasteiger partial charge in [-0.2, -0.15) is 8.42 Å². The molecule has 0 saturated heterocycles. The first-order valence-corrected chi connectivity index (χ1v) is 7.76. The van der Waals surface area contributed by atoms with Crippen LogP contribution in [0.15, 0.2) is 58.6 Å². The monoisotopic (exact) mass is 303 g/mol. The number of benzene rings is 2. The zero-order chi connectivity index (χ0) is 14.9. The van der Waals surface area contributed by atoms with Crippen LogP contribution in [0.1, 0.15) is 11.1 Å². The van der Waals surface area contributed by atoms with E-state index >= 15 is 0 Å². The topological polar surface area (TPSA) is 65.0 Å². The van der Waals surface area contributed by atoms with Gasteiger partial charge in [-0.15, -0.1) is 0 Å². The highest BCUT2D eigenvalue weighted by Gasteiger charge is 2.21. The fourth-order valence-corrected chi connectivity index (χ4v) is 2.72. The molecule has 0 aromatic heterocycles. The lowest BCUT2D eigenvalue weighted by Crippen LogP contribution is -2.08. The summed E-state index contributed by atoms with van der Waals surface area (Å²) in [7, 11) is -3.91. The molecule has 108 valence electrons. The number of hydrogen-bond donors (Lipinski definition) is 0. The van der Waals surface area contributed by atoms with Gasteiger partial charge in [0, 0.05) is 5.56 Å². The van der Waals surface area contributed by atoms with Crippen LogP contribution in [0.25, 0.3) is 0 Å². The summed E-state index contributed by atoms with van der Waals surface area (Å²) in [6, 6.07) is 13.7. The summed E-state index contributed by atoms with van der Waals surface area (Å²) < 4.78 is 34.3. The Balaban J connectivity index is 1.85. The van der Waals surface area contributed by atoms with Crippen molar-refractivity contribution >= 4 is 15.8 Å². The third-order valence-corrected chi connectivity index (χ3v) is 4.24. The van der Waals surface area contributed by atoms with Crippen LogP contribution < -0.4 is 4.74 Å². The quantitative estimate of drug-likeness (QED) is 0.817. The van der Waals surface area contributed by atoms with E-state index in [9.17, 15) is 8.42 Å². The van der Waals surface area contributed by atoms with E-state index in [4.69, 9.17) is 9.02 Å². The lowest BCUT2D eigenvalue weighted by molar-refractivity contribution is 0.332. The van der Waals surface area contributed by atoms with Crippen molar-refractivity contribution in [1.29, 1.82) is 0 Å². The Bertz CT molecular complexity index is 795. The summed E-state index contributed by atoms with van der Waals surface area (Å²) in [5.41, 5.74) is 2.18. The van der Waals surface area contributed by atoms with E-state index in [0.717, 1.165) is 11.1 Å². The highest BCUT2D eigenvalue weighted by atomic mass is 32.2. The lowest BCUT2D eigenvalue weighted by atomic mass is 10.1. The summed E-state index contributed by atoms with van der Waals surface area (Å²) in [6.07, 6.45) is 0. The van der Waals surface area contributed by atoms with Crippen molar-refractivity contribution < 1.29 is 17.4 Å². The fraction of sp³-hybridized carbons (Fsp3) is 0.133. The number of rotatable bonds is 3. The van der Waals surface area contributed by atoms with Gasteiger partial charge in [0.2, 0.25) is 0 Å². The van der Waals surface area contributed by atoms with Gasteiger partial charge in [-0.25, -0.2) is 0 Å². The third-order valence-electron chi connectivity index (χ3n) is 3.12. The number of nitrogens with zero attached hydrogens (tertiary/aromatic N) is 1. The molecule has 0 unspecified atom stereocenters. The van der Waals surface area contributed by atoms with Gasteiger partial charge in [0.1, 0.15) is 23.0 Å². The minimum atomic E-state index is -3.91. The molecule has 1 heterocycles. The molecule has 2 aromatic rings. The smallest absolute Gasteiger partial charge is 0.358 e. The third kappa shape index (κ3) is 2.75. The summed E-state index contributed by atoms with van der Waals surface area (Å²) in [5, 5.41) is 3.74. The molecular weight excluding hydrogens is 290 g/mol. The van der Waals surface area contributed by atoms with Crippen molar-refractivity contribution in [3.63, 3.8) is 0 Å². The highest BCUT2D eigenvalue weighted by Crippen LogP contribution is 2.25. The number of fused-ring (bicyclic) bond motifs is 1. The van der Waals surface area contributed by atoms with Gasteiger partial charge in [0.15, 0.2) is 0 Å². The molecule has 1 aliphatic heterocycles. The fourth-order valence-electron chi connectivity index (χ4n) is 1.97. The van der Waals surface area contributed by atoms with E-state index in [1.807, 2.05) is 25.1 Å². The minimum absolute atomic E-state index is 0.0738. The molecule has 5 nitrogen and oxygen atoms in total. The zero-order valence-electron chi connectivity index (χ0n) is 11.3. The second kappa shape index (κ2) is 5.21. The summed E-state index contributed by atoms with van der Waals surface area (Å²) in [5.74, 6) is 0.674. The number of para-hydroxylation sites is 1. The summed E-state index contributed by atoms with van der Waals surface area (Å²) in [4.78, 5) is 0.0738. The Kier molecular flexibility index (Phi) is 3.39. The molecule has 0 N–H and O–H groups in total. The Morgan fingerprint density at radius 3 is 2.57 bits per heavy atom. The Morgan fingerprint density at radius 1 is 1.10 bits per heavy atom. The molecular formula is C15H13NO4S. The molecule has 0 fully saturated rings. The van der Waals surface area contributed by atoms with Crippen molar-refractivity contribution in [3.05, 3.63) is 59.7 Å². The van der Waals surface area contributed by atoms with Gasteiger partial charge in [-0.05, 0) is 31.2 Å². The first-order chi connectivity index (χ1) is 10.1. The molecule has 0 amide bonds.